The number of benzene rings is 1. The van der Waals surface area contributed by atoms with E-state index in [4.69, 9.17) is 5.73 Å². The fourth-order valence-corrected chi connectivity index (χ4v) is 4.02. The van der Waals surface area contributed by atoms with Crippen LogP contribution in [0.4, 0.5) is 5.69 Å². The van der Waals surface area contributed by atoms with Gasteiger partial charge in [-0.2, -0.15) is 4.31 Å². The Kier molecular flexibility index (Phi) is 4.25. The van der Waals surface area contributed by atoms with E-state index in [0.717, 1.165) is 11.1 Å². The molecule has 1 heterocycles. The van der Waals surface area contributed by atoms with Crippen molar-refractivity contribution < 1.29 is 13.2 Å². The van der Waals surface area contributed by atoms with E-state index in [-0.39, 0.29) is 16.5 Å². The molecule has 2 N–H and O–H groups in total. The number of nitrogen functional groups attached to an aromatic ring is 1. The monoisotopic (exact) mass is 311 g/mol. The standard InChI is InChI=1S/C14H21N3O3S/c1-10-8-13(15)14(9-11(10)2)21(19,20)17-6-4-16(5-7-17)12(3)18/h8-9H,4-7,15H2,1-3H3. The van der Waals surface area contributed by atoms with E-state index in [2.05, 4.69) is 0 Å². The van der Waals surface area contributed by atoms with Gasteiger partial charge in [0.2, 0.25) is 15.9 Å². The Morgan fingerprint density at radius 1 is 1.10 bits per heavy atom. The van der Waals surface area contributed by atoms with Gasteiger partial charge in [-0.15, -0.1) is 0 Å². The Balaban J connectivity index is 2.28. The van der Waals surface area contributed by atoms with Crippen molar-refractivity contribution in [1.82, 2.24) is 9.21 Å². The topological polar surface area (TPSA) is 83.7 Å². The van der Waals surface area contributed by atoms with Gasteiger partial charge >= 0.3 is 0 Å². The molecular weight excluding hydrogens is 290 g/mol. The zero-order valence-corrected chi connectivity index (χ0v) is 13.4. The average Bonchev–Trinajstić information content (AvgIpc) is 2.42. The van der Waals surface area contributed by atoms with Gasteiger partial charge in [-0.25, -0.2) is 8.42 Å². The molecular formula is C14H21N3O3S. The van der Waals surface area contributed by atoms with Crippen LogP contribution >= 0.6 is 0 Å². The van der Waals surface area contributed by atoms with Crippen molar-refractivity contribution in [3.8, 4) is 0 Å². The molecule has 1 amide bonds. The Bertz CT molecular complexity index is 662. The minimum Gasteiger partial charge on any atom is -0.398 e. The minimum atomic E-state index is -3.61. The quantitative estimate of drug-likeness (QED) is 0.817. The van der Waals surface area contributed by atoms with Gasteiger partial charge in [0, 0.05) is 33.1 Å². The van der Waals surface area contributed by atoms with E-state index in [0.29, 0.717) is 26.2 Å². The molecule has 0 bridgehead atoms. The number of carbonyl (C=O) groups excluding carboxylic acids is 1. The molecule has 0 saturated carbocycles. The van der Waals surface area contributed by atoms with Gasteiger partial charge in [0.1, 0.15) is 4.90 Å². The second-order valence-electron chi connectivity index (χ2n) is 5.38. The first-order chi connectivity index (χ1) is 9.73. The maximum atomic E-state index is 12.7. The van der Waals surface area contributed by atoms with Crippen molar-refractivity contribution in [2.45, 2.75) is 25.7 Å². The summed E-state index contributed by atoms with van der Waals surface area (Å²) in [6.07, 6.45) is 0. The smallest absolute Gasteiger partial charge is 0.245 e. The van der Waals surface area contributed by atoms with Crippen LogP contribution in [0.25, 0.3) is 0 Å². The number of nitrogens with zero attached hydrogens (tertiary/aromatic N) is 2. The summed E-state index contributed by atoms with van der Waals surface area (Å²) in [4.78, 5) is 13.1. The van der Waals surface area contributed by atoms with E-state index in [1.54, 1.807) is 17.0 Å². The molecule has 116 valence electrons. The lowest BCUT2D eigenvalue weighted by Crippen LogP contribution is -2.50. The van der Waals surface area contributed by atoms with Gasteiger partial charge in [-0.05, 0) is 37.1 Å². The molecule has 2 rings (SSSR count). The predicted molar refractivity (Wildman–Crippen MR) is 81.3 cm³/mol. The van der Waals surface area contributed by atoms with Crippen molar-refractivity contribution in [1.29, 1.82) is 0 Å². The SMILES string of the molecule is CC(=O)N1CCN(S(=O)(=O)c2cc(C)c(C)cc2N)CC1. The van der Waals surface area contributed by atoms with Gasteiger partial charge in [-0.1, -0.05) is 0 Å². The Labute approximate surface area is 125 Å². The molecule has 0 radical (unpaired) electrons. The van der Waals surface area contributed by atoms with Crippen LogP contribution in [-0.4, -0.2) is 49.7 Å². The van der Waals surface area contributed by atoms with Crippen LogP contribution in [0.3, 0.4) is 0 Å². The van der Waals surface area contributed by atoms with Crippen molar-refractivity contribution in [2.75, 3.05) is 31.9 Å². The Morgan fingerprint density at radius 2 is 1.62 bits per heavy atom. The van der Waals surface area contributed by atoms with Crippen molar-refractivity contribution >= 4 is 21.6 Å². The maximum Gasteiger partial charge on any atom is 0.245 e. The molecule has 0 unspecified atom stereocenters. The third-order valence-electron chi connectivity index (χ3n) is 3.93. The number of hydrogen-bond acceptors (Lipinski definition) is 4. The first-order valence-corrected chi connectivity index (χ1v) is 8.30. The number of carbonyl (C=O) groups is 1. The zero-order chi connectivity index (χ0) is 15.8. The summed E-state index contributed by atoms with van der Waals surface area (Å²) in [5.74, 6) is -0.0299. The highest BCUT2D eigenvalue weighted by Gasteiger charge is 2.30. The summed E-state index contributed by atoms with van der Waals surface area (Å²) in [5.41, 5.74) is 8.02. The molecule has 6 nitrogen and oxygen atoms in total. The van der Waals surface area contributed by atoms with Crippen LogP contribution in [0, 0.1) is 13.8 Å². The summed E-state index contributed by atoms with van der Waals surface area (Å²) in [6, 6.07) is 3.31. The summed E-state index contributed by atoms with van der Waals surface area (Å²) >= 11 is 0. The summed E-state index contributed by atoms with van der Waals surface area (Å²) in [5, 5.41) is 0. The highest BCUT2D eigenvalue weighted by molar-refractivity contribution is 7.89. The fourth-order valence-electron chi connectivity index (χ4n) is 2.42. The number of sulfonamides is 1. The van der Waals surface area contributed by atoms with E-state index in [9.17, 15) is 13.2 Å². The zero-order valence-electron chi connectivity index (χ0n) is 12.6. The maximum absolute atomic E-state index is 12.7. The normalized spacial score (nSPS) is 17.0. The van der Waals surface area contributed by atoms with Crippen molar-refractivity contribution in [3.63, 3.8) is 0 Å². The highest BCUT2D eigenvalue weighted by Crippen LogP contribution is 2.26. The lowest BCUT2D eigenvalue weighted by atomic mass is 10.1. The van der Waals surface area contributed by atoms with E-state index < -0.39 is 10.0 Å². The molecule has 1 saturated heterocycles. The first kappa shape index (κ1) is 15.8. The second-order valence-corrected chi connectivity index (χ2v) is 7.29. The number of amides is 1. The predicted octanol–water partition coefficient (Wildman–Crippen LogP) is 0.738. The van der Waals surface area contributed by atoms with Gasteiger partial charge in [0.05, 0.1) is 5.69 Å². The van der Waals surface area contributed by atoms with E-state index in [1.807, 2.05) is 13.8 Å². The summed E-state index contributed by atoms with van der Waals surface area (Å²) in [6.45, 7) is 6.68. The van der Waals surface area contributed by atoms with Gasteiger partial charge in [-0.3, -0.25) is 4.79 Å². The molecule has 7 heteroatoms. The van der Waals surface area contributed by atoms with Crippen LogP contribution < -0.4 is 5.73 Å². The Morgan fingerprint density at radius 3 is 2.14 bits per heavy atom. The largest absolute Gasteiger partial charge is 0.398 e. The molecule has 1 aliphatic rings. The summed E-state index contributed by atoms with van der Waals surface area (Å²) < 4.78 is 26.8. The Hall–Kier alpha value is -1.60. The first-order valence-electron chi connectivity index (χ1n) is 6.86. The lowest BCUT2D eigenvalue weighted by Gasteiger charge is -2.33. The van der Waals surface area contributed by atoms with Gasteiger partial charge < -0.3 is 10.6 Å². The van der Waals surface area contributed by atoms with Crippen LogP contribution in [0.5, 0.6) is 0 Å². The average molecular weight is 311 g/mol. The molecule has 1 aliphatic heterocycles. The number of nitrogens with two attached hydrogens (primary N) is 1. The van der Waals surface area contributed by atoms with Crippen LogP contribution in [0.1, 0.15) is 18.1 Å². The molecule has 0 aromatic heterocycles. The molecule has 1 fully saturated rings. The third-order valence-corrected chi connectivity index (χ3v) is 5.88. The molecule has 0 aliphatic carbocycles. The number of anilines is 1. The van der Waals surface area contributed by atoms with Crippen molar-refractivity contribution in [2.24, 2.45) is 0 Å². The number of hydrogen-bond donors (Lipinski definition) is 1. The number of piperazine rings is 1. The molecule has 1 aromatic carbocycles. The summed E-state index contributed by atoms with van der Waals surface area (Å²) in [7, 11) is -3.61. The molecule has 0 spiro atoms. The van der Waals surface area contributed by atoms with Gasteiger partial charge in [0.15, 0.2) is 0 Å². The van der Waals surface area contributed by atoms with Crippen LogP contribution in [-0.2, 0) is 14.8 Å². The van der Waals surface area contributed by atoms with Crippen LogP contribution in [0.15, 0.2) is 17.0 Å². The molecule has 21 heavy (non-hydrogen) atoms. The van der Waals surface area contributed by atoms with Gasteiger partial charge in [0.25, 0.3) is 0 Å². The number of rotatable bonds is 2. The molecule has 0 atom stereocenters. The van der Waals surface area contributed by atoms with Crippen LogP contribution in [0.2, 0.25) is 0 Å². The third kappa shape index (κ3) is 3.03. The van der Waals surface area contributed by atoms with Crippen molar-refractivity contribution in [3.05, 3.63) is 23.3 Å². The highest BCUT2D eigenvalue weighted by atomic mass is 32.2. The fraction of sp³-hybridized carbons (Fsp3) is 0.500. The lowest BCUT2D eigenvalue weighted by molar-refractivity contribution is -0.129. The van der Waals surface area contributed by atoms with E-state index >= 15 is 0 Å². The minimum absolute atomic E-state index is 0.0299. The second kappa shape index (κ2) is 5.65. The molecule has 1 aromatic rings. The van der Waals surface area contributed by atoms with E-state index in [1.165, 1.54) is 11.2 Å². The number of aryl methyl sites for hydroxylation is 2.